The zero-order valence-electron chi connectivity index (χ0n) is 8.24. The number of likely N-dealkylation sites (tertiary alicyclic amines) is 1. The second-order valence-electron chi connectivity index (χ2n) is 3.85. The number of ether oxygens (including phenoxy) is 1. The summed E-state index contributed by atoms with van der Waals surface area (Å²) < 4.78 is 18.1. The smallest absolute Gasteiger partial charge is 0.123 e. The third-order valence-electron chi connectivity index (χ3n) is 2.44. The molecular formula is C11H14FNO. The van der Waals surface area contributed by atoms with E-state index in [1.807, 2.05) is 0 Å². The van der Waals surface area contributed by atoms with E-state index in [1.54, 1.807) is 12.1 Å². The van der Waals surface area contributed by atoms with Gasteiger partial charge in [0.25, 0.3) is 0 Å². The number of hydrogen-bond acceptors (Lipinski definition) is 2. The van der Waals surface area contributed by atoms with Crippen LogP contribution in [0.1, 0.15) is 0 Å². The fraction of sp³-hybridized carbons (Fsp3) is 0.455. The van der Waals surface area contributed by atoms with Gasteiger partial charge in [0.15, 0.2) is 0 Å². The van der Waals surface area contributed by atoms with Gasteiger partial charge in [0.2, 0.25) is 0 Å². The summed E-state index contributed by atoms with van der Waals surface area (Å²) in [5, 5.41) is 0. The van der Waals surface area contributed by atoms with E-state index in [4.69, 9.17) is 4.74 Å². The SMILES string of the molecule is CN1CC(COc2ccc(F)cc2)C1. The molecule has 1 aromatic carbocycles. The van der Waals surface area contributed by atoms with Crippen molar-refractivity contribution in [3.8, 4) is 5.75 Å². The summed E-state index contributed by atoms with van der Waals surface area (Å²) in [7, 11) is 2.09. The Morgan fingerprint density at radius 1 is 1.36 bits per heavy atom. The molecule has 0 aliphatic carbocycles. The lowest BCUT2D eigenvalue weighted by atomic mass is 10.0. The van der Waals surface area contributed by atoms with Gasteiger partial charge >= 0.3 is 0 Å². The van der Waals surface area contributed by atoms with Crippen molar-refractivity contribution in [2.24, 2.45) is 5.92 Å². The Labute approximate surface area is 83.3 Å². The highest BCUT2D eigenvalue weighted by molar-refractivity contribution is 5.22. The van der Waals surface area contributed by atoms with Crippen LogP contribution in [0.4, 0.5) is 4.39 Å². The molecule has 14 heavy (non-hydrogen) atoms. The molecule has 1 aliphatic rings. The fourth-order valence-corrected chi connectivity index (χ4v) is 1.68. The summed E-state index contributed by atoms with van der Waals surface area (Å²) in [6.45, 7) is 2.93. The van der Waals surface area contributed by atoms with Gasteiger partial charge in [-0.3, -0.25) is 0 Å². The molecule has 0 unspecified atom stereocenters. The lowest BCUT2D eigenvalue weighted by Gasteiger charge is -2.35. The van der Waals surface area contributed by atoms with Crippen LogP contribution in [0.15, 0.2) is 24.3 Å². The van der Waals surface area contributed by atoms with Gasteiger partial charge < -0.3 is 9.64 Å². The monoisotopic (exact) mass is 195 g/mol. The minimum Gasteiger partial charge on any atom is -0.493 e. The average molecular weight is 195 g/mol. The molecule has 0 saturated carbocycles. The van der Waals surface area contributed by atoms with Crippen LogP contribution in [-0.4, -0.2) is 31.6 Å². The molecule has 2 rings (SSSR count). The molecule has 0 radical (unpaired) electrons. The maximum absolute atomic E-state index is 12.6. The zero-order chi connectivity index (χ0) is 9.97. The largest absolute Gasteiger partial charge is 0.493 e. The second kappa shape index (κ2) is 3.96. The molecule has 0 bridgehead atoms. The third-order valence-corrected chi connectivity index (χ3v) is 2.44. The quantitative estimate of drug-likeness (QED) is 0.728. The molecule has 0 atom stereocenters. The van der Waals surface area contributed by atoms with Crippen molar-refractivity contribution in [2.75, 3.05) is 26.7 Å². The molecule has 0 aromatic heterocycles. The third kappa shape index (κ3) is 2.23. The number of hydrogen-bond donors (Lipinski definition) is 0. The van der Waals surface area contributed by atoms with E-state index in [1.165, 1.54) is 12.1 Å². The van der Waals surface area contributed by atoms with Crippen LogP contribution in [0.5, 0.6) is 5.75 Å². The average Bonchev–Trinajstić information content (AvgIpc) is 2.13. The Morgan fingerprint density at radius 3 is 2.57 bits per heavy atom. The lowest BCUT2D eigenvalue weighted by molar-refractivity contribution is 0.0857. The Kier molecular flexibility index (Phi) is 2.68. The van der Waals surface area contributed by atoms with Crippen LogP contribution in [0.2, 0.25) is 0 Å². The van der Waals surface area contributed by atoms with Crippen LogP contribution >= 0.6 is 0 Å². The molecule has 76 valence electrons. The molecule has 1 saturated heterocycles. The summed E-state index contributed by atoms with van der Waals surface area (Å²) in [4.78, 5) is 2.25. The topological polar surface area (TPSA) is 12.5 Å². The van der Waals surface area contributed by atoms with Crippen LogP contribution in [0.25, 0.3) is 0 Å². The van der Waals surface area contributed by atoms with E-state index in [2.05, 4.69) is 11.9 Å². The fourth-order valence-electron chi connectivity index (χ4n) is 1.68. The maximum atomic E-state index is 12.6. The molecule has 1 aliphatic heterocycles. The van der Waals surface area contributed by atoms with Gasteiger partial charge in [-0.25, -0.2) is 4.39 Å². The van der Waals surface area contributed by atoms with Gasteiger partial charge in [0.05, 0.1) is 6.61 Å². The predicted octanol–water partition coefficient (Wildman–Crippen LogP) is 1.77. The van der Waals surface area contributed by atoms with Crippen molar-refractivity contribution < 1.29 is 9.13 Å². The van der Waals surface area contributed by atoms with Gasteiger partial charge in [-0.15, -0.1) is 0 Å². The van der Waals surface area contributed by atoms with Crippen LogP contribution in [-0.2, 0) is 0 Å². The van der Waals surface area contributed by atoms with E-state index >= 15 is 0 Å². The molecular weight excluding hydrogens is 181 g/mol. The van der Waals surface area contributed by atoms with E-state index in [9.17, 15) is 4.39 Å². The summed E-state index contributed by atoms with van der Waals surface area (Å²) in [5.41, 5.74) is 0. The van der Waals surface area contributed by atoms with Crippen molar-refractivity contribution >= 4 is 0 Å². The molecule has 0 amide bonds. The summed E-state index contributed by atoms with van der Waals surface area (Å²) in [5.74, 6) is 1.16. The van der Waals surface area contributed by atoms with Crippen LogP contribution in [0.3, 0.4) is 0 Å². The van der Waals surface area contributed by atoms with E-state index in [-0.39, 0.29) is 5.82 Å². The normalized spacial score (nSPS) is 17.9. The summed E-state index contributed by atoms with van der Waals surface area (Å²) >= 11 is 0. The summed E-state index contributed by atoms with van der Waals surface area (Å²) in [6, 6.07) is 6.17. The molecule has 1 fully saturated rings. The predicted molar refractivity (Wildman–Crippen MR) is 52.9 cm³/mol. The molecule has 0 spiro atoms. The molecule has 2 nitrogen and oxygen atoms in total. The van der Waals surface area contributed by atoms with Crippen molar-refractivity contribution in [3.63, 3.8) is 0 Å². The Morgan fingerprint density at radius 2 is 2.00 bits per heavy atom. The minimum atomic E-state index is -0.222. The van der Waals surface area contributed by atoms with Crippen LogP contribution in [0, 0.1) is 11.7 Å². The molecule has 3 heteroatoms. The molecule has 0 N–H and O–H groups in total. The first-order valence-electron chi connectivity index (χ1n) is 4.81. The molecule has 1 heterocycles. The highest BCUT2D eigenvalue weighted by Crippen LogP contribution is 2.16. The van der Waals surface area contributed by atoms with E-state index in [0.29, 0.717) is 5.92 Å². The van der Waals surface area contributed by atoms with Crippen molar-refractivity contribution in [1.29, 1.82) is 0 Å². The Hall–Kier alpha value is -1.09. The number of benzene rings is 1. The number of rotatable bonds is 3. The molecule has 1 aromatic rings. The van der Waals surface area contributed by atoms with Gasteiger partial charge in [-0.1, -0.05) is 0 Å². The van der Waals surface area contributed by atoms with Crippen molar-refractivity contribution in [3.05, 3.63) is 30.1 Å². The first kappa shape index (κ1) is 9.46. The Balaban J connectivity index is 1.78. The minimum absolute atomic E-state index is 0.222. The van der Waals surface area contributed by atoms with Crippen molar-refractivity contribution in [1.82, 2.24) is 4.90 Å². The first-order chi connectivity index (χ1) is 6.74. The lowest BCUT2D eigenvalue weighted by Crippen LogP contribution is -2.46. The van der Waals surface area contributed by atoms with E-state index < -0.39 is 0 Å². The van der Waals surface area contributed by atoms with Gasteiger partial charge in [-0.05, 0) is 31.3 Å². The zero-order valence-corrected chi connectivity index (χ0v) is 8.24. The standard InChI is InChI=1S/C11H14FNO/c1-13-6-9(7-13)8-14-11-4-2-10(12)3-5-11/h2-5,9H,6-8H2,1H3. The van der Waals surface area contributed by atoms with Gasteiger partial charge in [-0.2, -0.15) is 0 Å². The van der Waals surface area contributed by atoms with Gasteiger partial charge in [0, 0.05) is 19.0 Å². The number of halogens is 1. The Bertz CT molecular complexity index is 293. The van der Waals surface area contributed by atoms with Crippen molar-refractivity contribution in [2.45, 2.75) is 0 Å². The maximum Gasteiger partial charge on any atom is 0.123 e. The second-order valence-corrected chi connectivity index (χ2v) is 3.85. The highest BCUT2D eigenvalue weighted by atomic mass is 19.1. The number of nitrogens with zero attached hydrogens (tertiary/aromatic N) is 1. The van der Waals surface area contributed by atoms with E-state index in [0.717, 1.165) is 25.4 Å². The highest BCUT2D eigenvalue weighted by Gasteiger charge is 2.23. The van der Waals surface area contributed by atoms with Crippen LogP contribution < -0.4 is 4.74 Å². The summed E-state index contributed by atoms with van der Waals surface area (Å²) in [6.07, 6.45) is 0. The van der Waals surface area contributed by atoms with Gasteiger partial charge in [0.1, 0.15) is 11.6 Å². The first-order valence-corrected chi connectivity index (χ1v) is 4.81.